The Balaban J connectivity index is 2.27. The number of quaternary nitrogens is 1. The highest BCUT2D eigenvalue weighted by molar-refractivity contribution is 5.91. The highest BCUT2D eigenvalue weighted by atomic mass is 16.5. The molecule has 1 aliphatic rings. The normalized spacial score (nSPS) is 17.9. The van der Waals surface area contributed by atoms with Crippen molar-refractivity contribution in [3.05, 3.63) is 23.8 Å². The first-order chi connectivity index (χ1) is 9.59. The first kappa shape index (κ1) is 14.8. The maximum atomic E-state index is 12.9. The van der Waals surface area contributed by atoms with Gasteiger partial charge in [0.1, 0.15) is 13.1 Å². The van der Waals surface area contributed by atoms with Crippen LogP contribution >= 0.6 is 0 Å². The molecule has 6 nitrogen and oxygen atoms in total. The number of carbonyl (C=O) groups excluding carboxylic acids is 1. The van der Waals surface area contributed by atoms with E-state index in [1.165, 1.54) is 0 Å². The Kier molecular flexibility index (Phi) is 4.59. The fourth-order valence-electron chi connectivity index (χ4n) is 2.60. The van der Waals surface area contributed by atoms with Crippen LogP contribution in [0, 0.1) is 0 Å². The van der Waals surface area contributed by atoms with Gasteiger partial charge in [0.15, 0.2) is 0 Å². The number of anilines is 2. The van der Waals surface area contributed by atoms with Gasteiger partial charge in [-0.3, -0.25) is 4.48 Å². The minimum Gasteiger partial charge on any atom is -0.397 e. The molecular formula is C14H23N4O2+. The van der Waals surface area contributed by atoms with Gasteiger partial charge < -0.3 is 21.9 Å². The van der Waals surface area contributed by atoms with Crippen molar-refractivity contribution >= 4 is 17.3 Å². The molecule has 0 radical (unpaired) electrons. The van der Waals surface area contributed by atoms with Gasteiger partial charge in [0.2, 0.25) is 0 Å². The number of carbonyl (C=O) groups is 1. The predicted molar refractivity (Wildman–Crippen MR) is 78.9 cm³/mol. The van der Waals surface area contributed by atoms with Crippen LogP contribution in [-0.2, 0) is 4.74 Å². The highest BCUT2D eigenvalue weighted by Crippen LogP contribution is 2.22. The van der Waals surface area contributed by atoms with Gasteiger partial charge in [-0.05, 0) is 24.7 Å². The van der Waals surface area contributed by atoms with E-state index in [1.54, 1.807) is 18.2 Å². The molecule has 0 unspecified atom stereocenters. The van der Waals surface area contributed by atoms with Crippen LogP contribution < -0.4 is 17.2 Å². The average molecular weight is 279 g/mol. The zero-order chi connectivity index (χ0) is 14.6. The van der Waals surface area contributed by atoms with E-state index in [2.05, 4.69) is 0 Å². The monoisotopic (exact) mass is 279 g/mol. The van der Waals surface area contributed by atoms with Crippen LogP contribution in [0.2, 0.25) is 0 Å². The smallest absolute Gasteiger partial charge is 0.346 e. The Hall–Kier alpha value is -1.63. The third-order valence-corrected chi connectivity index (χ3v) is 3.88. The molecular weight excluding hydrogens is 256 g/mol. The number of benzene rings is 1. The van der Waals surface area contributed by atoms with Crippen LogP contribution in [-0.4, -0.2) is 49.8 Å². The van der Waals surface area contributed by atoms with Crippen LogP contribution in [0.4, 0.5) is 11.4 Å². The Labute approximate surface area is 119 Å². The van der Waals surface area contributed by atoms with Gasteiger partial charge in [0.05, 0.1) is 36.7 Å². The number of hydrogen-bond acceptors (Lipinski definition) is 5. The molecule has 0 bridgehead atoms. The number of rotatable bonds is 4. The summed E-state index contributed by atoms with van der Waals surface area (Å²) in [4.78, 5) is 12.9. The molecule has 1 heterocycles. The molecule has 1 aromatic rings. The van der Waals surface area contributed by atoms with Crippen molar-refractivity contribution in [3.63, 3.8) is 0 Å². The van der Waals surface area contributed by atoms with Gasteiger partial charge in [-0.1, -0.05) is 0 Å². The summed E-state index contributed by atoms with van der Waals surface area (Å²) in [5.74, 6) is 0.0773. The van der Waals surface area contributed by atoms with Gasteiger partial charge in [-0.25, -0.2) is 4.79 Å². The highest BCUT2D eigenvalue weighted by Gasteiger charge is 2.38. The molecule has 0 aromatic heterocycles. The molecule has 6 heteroatoms. The van der Waals surface area contributed by atoms with Crippen molar-refractivity contribution in [1.82, 2.24) is 0 Å². The second-order valence-electron chi connectivity index (χ2n) is 5.22. The quantitative estimate of drug-likeness (QED) is 0.539. The van der Waals surface area contributed by atoms with Crippen LogP contribution in [0.15, 0.2) is 18.2 Å². The summed E-state index contributed by atoms with van der Waals surface area (Å²) in [7, 11) is 0. The van der Waals surface area contributed by atoms with E-state index in [0.29, 0.717) is 54.3 Å². The van der Waals surface area contributed by atoms with Crippen molar-refractivity contribution in [1.29, 1.82) is 0 Å². The Morgan fingerprint density at radius 2 is 1.90 bits per heavy atom. The molecule has 20 heavy (non-hydrogen) atoms. The summed E-state index contributed by atoms with van der Waals surface area (Å²) in [6.07, 6.45) is 0.816. The third-order valence-electron chi connectivity index (χ3n) is 3.88. The van der Waals surface area contributed by atoms with Crippen molar-refractivity contribution in [2.24, 2.45) is 5.73 Å². The van der Waals surface area contributed by atoms with E-state index in [0.717, 1.165) is 13.0 Å². The summed E-state index contributed by atoms with van der Waals surface area (Å²) in [5.41, 5.74) is 18.7. The number of nitrogen functional groups attached to an aromatic ring is 2. The number of ether oxygens (including phenoxy) is 1. The molecule has 6 N–H and O–H groups in total. The molecule has 1 aromatic carbocycles. The second kappa shape index (κ2) is 6.21. The van der Waals surface area contributed by atoms with E-state index in [-0.39, 0.29) is 5.91 Å². The topological polar surface area (TPSA) is 104 Å². The minimum atomic E-state index is 0.0773. The van der Waals surface area contributed by atoms with E-state index in [9.17, 15) is 4.79 Å². The summed E-state index contributed by atoms with van der Waals surface area (Å²) in [6, 6.07) is 5.09. The van der Waals surface area contributed by atoms with Crippen LogP contribution in [0.1, 0.15) is 16.8 Å². The van der Waals surface area contributed by atoms with Gasteiger partial charge in [-0.2, -0.15) is 0 Å². The van der Waals surface area contributed by atoms with Crippen molar-refractivity contribution < 1.29 is 14.0 Å². The molecule has 0 aliphatic carbocycles. The van der Waals surface area contributed by atoms with Crippen molar-refractivity contribution in [3.8, 4) is 0 Å². The van der Waals surface area contributed by atoms with Gasteiger partial charge in [0, 0.05) is 6.42 Å². The molecule has 0 saturated carbocycles. The first-order valence-electron chi connectivity index (χ1n) is 6.93. The van der Waals surface area contributed by atoms with E-state index in [1.807, 2.05) is 0 Å². The Morgan fingerprint density at radius 3 is 2.50 bits per heavy atom. The van der Waals surface area contributed by atoms with Crippen molar-refractivity contribution in [2.75, 3.05) is 50.9 Å². The lowest BCUT2D eigenvalue weighted by atomic mass is 10.1. The van der Waals surface area contributed by atoms with Crippen molar-refractivity contribution in [2.45, 2.75) is 6.42 Å². The third kappa shape index (κ3) is 2.92. The lowest BCUT2D eigenvalue weighted by Crippen LogP contribution is -2.59. The summed E-state index contributed by atoms with van der Waals surface area (Å²) < 4.78 is 5.78. The standard InChI is InChI=1S/C14H22N4O2/c15-4-1-5-18(6-8-20-9-7-18)14(19)11-2-3-12(16)13(17)10-11/h2-3,10H,1,4-9,15,17H2,(H-,16,19)/p+1. The molecule has 1 saturated heterocycles. The molecule has 0 spiro atoms. The second-order valence-corrected chi connectivity index (χ2v) is 5.22. The zero-order valence-corrected chi connectivity index (χ0v) is 11.7. The summed E-state index contributed by atoms with van der Waals surface area (Å²) in [5, 5.41) is 0. The minimum absolute atomic E-state index is 0.0773. The molecule has 1 fully saturated rings. The van der Waals surface area contributed by atoms with Crippen LogP contribution in [0.5, 0.6) is 0 Å². The van der Waals surface area contributed by atoms with E-state index >= 15 is 0 Å². The Morgan fingerprint density at radius 1 is 1.20 bits per heavy atom. The zero-order valence-electron chi connectivity index (χ0n) is 11.7. The lowest BCUT2D eigenvalue weighted by Gasteiger charge is -2.38. The molecule has 1 amide bonds. The SMILES string of the molecule is NCCC[N+]1(C(=O)c2ccc(N)c(N)c2)CCOCC1. The first-order valence-corrected chi connectivity index (χ1v) is 6.93. The lowest BCUT2D eigenvalue weighted by molar-refractivity contribution is -0.858. The van der Waals surface area contributed by atoms with Gasteiger partial charge >= 0.3 is 5.91 Å². The number of amides is 1. The number of hydrogen-bond donors (Lipinski definition) is 3. The molecule has 2 rings (SSSR count). The maximum absolute atomic E-state index is 12.9. The summed E-state index contributed by atoms with van der Waals surface area (Å²) in [6.45, 7) is 3.88. The molecule has 1 aliphatic heterocycles. The number of morpholine rings is 1. The van der Waals surface area contributed by atoms with Gasteiger partial charge in [0.25, 0.3) is 0 Å². The molecule has 110 valence electrons. The predicted octanol–water partition coefficient (Wildman–Crippen LogP) is 0.187. The maximum Gasteiger partial charge on any atom is 0.346 e. The molecule has 0 atom stereocenters. The summed E-state index contributed by atoms with van der Waals surface area (Å²) >= 11 is 0. The fraction of sp³-hybridized carbons (Fsp3) is 0.500. The average Bonchev–Trinajstić information content (AvgIpc) is 2.48. The van der Waals surface area contributed by atoms with E-state index in [4.69, 9.17) is 21.9 Å². The van der Waals surface area contributed by atoms with Crippen LogP contribution in [0.3, 0.4) is 0 Å². The van der Waals surface area contributed by atoms with Crippen LogP contribution in [0.25, 0.3) is 0 Å². The van der Waals surface area contributed by atoms with Gasteiger partial charge in [-0.15, -0.1) is 0 Å². The Bertz CT molecular complexity index is 484. The fourth-order valence-corrected chi connectivity index (χ4v) is 2.60. The number of nitrogens with two attached hydrogens (primary N) is 3. The number of nitrogens with zero attached hydrogens (tertiary/aromatic N) is 1. The van der Waals surface area contributed by atoms with E-state index < -0.39 is 0 Å². The largest absolute Gasteiger partial charge is 0.397 e.